The first-order valence-electron chi connectivity index (χ1n) is 7.86. The van der Waals surface area contributed by atoms with Crippen LogP contribution in [-0.2, 0) is 11.8 Å². The first kappa shape index (κ1) is 25.3. The van der Waals surface area contributed by atoms with Crippen LogP contribution < -0.4 is 0 Å². The average molecular weight is 532 g/mol. The Balaban J connectivity index is 2.93. The van der Waals surface area contributed by atoms with E-state index in [1.807, 2.05) is 0 Å². The highest BCUT2D eigenvalue weighted by Crippen LogP contribution is 2.60. The Kier molecular flexibility index (Phi) is 6.21. The van der Waals surface area contributed by atoms with Crippen molar-refractivity contribution in [1.29, 1.82) is 0 Å². The molecule has 0 aliphatic rings. The summed E-state index contributed by atoms with van der Waals surface area (Å²) >= 11 is 2.63. The number of rotatable bonds is 3. The lowest BCUT2D eigenvalue weighted by Crippen LogP contribution is -2.60. The van der Waals surface area contributed by atoms with E-state index in [4.69, 9.17) is 0 Å². The van der Waals surface area contributed by atoms with Gasteiger partial charge in [-0.3, -0.25) is 0 Å². The van der Waals surface area contributed by atoms with Crippen molar-refractivity contribution in [2.75, 3.05) is 0 Å². The molecule has 0 aromatic heterocycles. The lowest BCUT2D eigenvalue weighted by atomic mass is 9.82. The van der Waals surface area contributed by atoms with E-state index in [1.54, 1.807) is 0 Å². The minimum absolute atomic E-state index is 0.0882. The fourth-order valence-corrected chi connectivity index (χ4v) is 3.51. The molecule has 1 radical (unpaired) electrons. The SMILES string of the molecule is Cc1[c]c(Br)c(-c2ccc(C(F)(F)F)cc2)c(C(F)(C(F)(F)F)C(F)(F)C(F)(F)F)c1. The van der Waals surface area contributed by atoms with Crippen LogP contribution in [0, 0.1) is 13.0 Å². The molecule has 0 aliphatic carbocycles. The van der Waals surface area contributed by atoms with E-state index in [-0.39, 0.29) is 6.07 Å². The molecule has 0 bridgehead atoms. The van der Waals surface area contributed by atoms with Gasteiger partial charge in [-0.25, -0.2) is 4.39 Å². The smallest absolute Gasteiger partial charge is 0.221 e. The molecule has 0 saturated carbocycles. The maximum Gasteiger partial charge on any atom is 0.457 e. The maximum atomic E-state index is 15.1. The highest BCUT2D eigenvalue weighted by molar-refractivity contribution is 9.10. The number of benzene rings is 2. The molecule has 0 fully saturated rings. The second-order valence-corrected chi connectivity index (χ2v) is 7.15. The molecule has 1 atom stereocenters. The third-order valence-electron chi connectivity index (χ3n) is 4.21. The van der Waals surface area contributed by atoms with Gasteiger partial charge in [0.1, 0.15) is 0 Å². The predicted molar refractivity (Wildman–Crippen MR) is 88.0 cm³/mol. The second-order valence-electron chi connectivity index (χ2n) is 6.36. The largest absolute Gasteiger partial charge is 0.457 e. The minimum Gasteiger partial charge on any atom is -0.221 e. The van der Waals surface area contributed by atoms with Crippen LogP contribution in [0.25, 0.3) is 11.1 Å². The Hall–Kier alpha value is -1.92. The lowest BCUT2D eigenvalue weighted by Gasteiger charge is -2.37. The first-order chi connectivity index (χ1) is 13.7. The van der Waals surface area contributed by atoms with E-state index in [1.165, 1.54) is 0 Å². The predicted octanol–water partition coefficient (Wildman–Crippen LogP) is 8.17. The fourth-order valence-electron chi connectivity index (χ4n) is 2.75. The second kappa shape index (κ2) is 7.59. The highest BCUT2D eigenvalue weighted by atomic mass is 79.9. The summed E-state index contributed by atoms with van der Waals surface area (Å²) in [4.78, 5) is 0. The van der Waals surface area contributed by atoms with E-state index < -0.39 is 62.4 Å². The number of hydrogen-bond acceptors (Lipinski definition) is 0. The van der Waals surface area contributed by atoms with E-state index in [9.17, 15) is 48.3 Å². The van der Waals surface area contributed by atoms with Crippen molar-refractivity contribution in [3.63, 3.8) is 0 Å². The molecule has 1 unspecified atom stereocenters. The number of alkyl halides is 12. The van der Waals surface area contributed by atoms with Crippen LogP contribution >= 0.6 is 15.9 Å². The topological polar surface area (TPSA) is 0 Å². The van der Waals surface area contributed by atoms with Crippen LogP contribution in [0.1, 0.15) is 16.7 Å². The molecule has 0 spiro atoms. The molecule has 0 heterocycles. The van der Waals surface area contributed by atoms with Gasteiger partial charge in [-0.2, -0.15) is 48.3 Å². The van der Waals surface area contributed by atoms with Crippen molar-refractivity contribution >= 4 is 15.9 Å². The van der Waals surface area contributed by atoms with Crippen LogP contribution in [0.15, 0.2) is 34.8 Å². The summed E-state index contributed by atoms with van der Waals surface area (Å²) < 4.78 is 159. The summed E-state index contributed by atoms with van der Waals surface area (Å²) in [5.41, 5.74) is -12.0. The number of aryl methyl sites for hydroxylation is 1. The van der Waals surface area contributed by atoms with Gasteiger partial charge in [-0.15, -0.1) is 0 Å². The van der Waals surface area contributed by atoms with Gasteiger partial charge in [-0.05, 0) is 46.1 Å². The molecule has 31 heavy (non-hydrogen) atoms. The Bertz CT molecular complexity index is 954. The average Bonchev–Trinajstić information content (AvgIpc) is 2.57. The fraction of sp³-hybridized carbons (Fsp3) is 0.333. The molecule has 13 heteroatoms. The molecule has 0 N–H and O–H groups in total. The Morgan fingerprint density at radius 1 is 0.742 bits per heavy atom. The third kappa shape index (κ3) is 4.24. The highest BCUT2D eigenvalue weighted by Gasteiger charge is 2.82. The molecular weight excluding hydrogens is 524 g/mol. The van der Waals surface area contributed by atoms with Crippen molar-refractivity contribution in [2.24, 2.45) is 0 Å². The van der Waals surface area contributed by atoms with Crippen LogP contribution in [-0.4, -0.2) is 18.3 Å². The number of hydrogen-bond donors (Lipinski definition) is 0. The van der Waals surface area contributed by atoms with Crippen LogP contribution in [0.5, 0.6) is 0 Å². The van der Waals surface area contributed by atoms with Gasteiger partial charge in [-0.1, -0.05) is 18.2 Å². The zero-order chi connectivity index (χ0) is 24.2. The van der Waals surface area contributed by atoms with Gasteiger partial charge in [0, 0.05) is 21.7 Å². The van der Waals surface area contributed by atoms with Crippen molar-refractivity contribution in [3.8, 4) is 11.1 Å². The normalized spacial score (nSPS) is 15.7. The van der Waals surface area contributed by atoms with Gasteiger partial charge in [0.15, 0.2) is 0 Å². The summed E-state index contributed by atoms with van der Waals surface area (Å²) in [6.45, 7) is 0.952. The summed E-state index contributed by atoms with van der Waals surface area (Å²) in [6, 6.07) is 4.08. The molecule has 2 rings (SSSR count). The maximum absolute atomic E-state index is 15.1. The zero-order valence-corrected chi connectivity index (χ0v) is 16.4. The molecule has 0 nitrogen and oxygen atoms in total. The Morgan fingerprint density at radius 3 is 1.61 bits per heavy atom. The lowest BCUT2D eigenvalue weighted by molar-refractivity contribution is -0.389. The van der Waals surface area contributed by atoms with Crippen LogP contribution in [0.2, 0.25) is 0 Å². The molecule has 171 valence electrons. The Labute approximate surface area is 175 Å². The van der Waals surface area contributed by atoms with E-state index in [2.05, 4.69) is 22.0 Å². The first-order valence-corrected chi connectivity index (χ1v) is 8.65. The van der Waals surface area contributed by atoms with Crippen LogP contribution in [0.4, 0.5) is 52.7 Å². The molecule has 2 aromatic rings. The monoisotopic (exact) mass is 531 g/mol. The third-order valence-corrected chi connectivity index (χ3v) is 4.80. The van der Waals surface area contributed by atoms with Crippen molar-refractivity contribution < 1.29 is 52.7 Å². The van der Waals surface area contributed by atoms with Gasteiger partial charge < -0.3 is 0 Å². The standard InChI is InChI=1S/C18H8BrF12/c1-8-6-11(14(20,17(26,27)28)16(24,25)18(29,30)31)13(12(19)7-8)9-2-4-10(5-3-9)15(21,22)23/h2-6H,1H3. The van der Waals surface area contributed by atoms with Crippen molar-refractivity contribution in [1.82, 2.24) is 0 Å². The minimum atomic E-state index is -6.95. The summed E-state index contributed by atoms with van der Waals surface area (Å²) in [7, 11) is 0. The van der Waals surface area contributed by atoms with Crippen LogP contribution in [0.3, 0.4) is 0 Å². The van der Waals surface area contributed by atoms with E-state index >= 15 is 4.39 Å². The molecular formula is C18H8BrF12. The Morgan fingerprint density at radius 2 is 1.23 bits per heavy atom. The zero-order valence-electron chi connectivity index (χ0n) is 14.8. The molecule has 0 saturated heterocycles. The van der Waals surface area contributed by atoms with E-state index in [0.29, 0.717) is 24.3 Å². The van der Waals surface area contributed by atoms with Crippen molar-refractivity contribution in [3.05, 3.63) is 57.6 Å². The van der Waals surface area contributed by atoms with Gasteiger partial charge >= 0.3 is 30.1 Å². The quantitative estimate of drug-likeness (QED) is 0.350. The summed E-state index contributed by atoms with van der Waals surface area (Å²) in [5, 5.41) is 0. The van der Waals surface area contributed by atoms with Gasteiger partial charge in [0.05, 0.1) is 5.56 Å². The molecule has 0 aliphatic heterocycles. The molecule has 0 amide bonds. The molecule has 2 aromatic carbocycles. The summed E-state index contributed by atoms with van der Waals surface area (Å²) in [5.74, 6) is -6.94. The van der Waals surface area contributed by atoms with Gasteiger partial charge in [0.2, 0.25) is 0 Å². The van der Waals surface area contributed by atoms with Crippen molar-refractivity contribution in [2.45, 2.75) is 37.0 Å². The van der Waals surface area contributed by atoms with E-state index in [0.717, 1.165) is 6.92 Å². The van der Waals surface area contributed by atoms with Gasteiger partial charge in [0.25, 0.3) is 0 Å². The summed E-state index contributed by atoms with van der Waals surface area (Å²) in [6.07, 6.45) is -18.6. The number of halogens is 13.